The normalized spacial score (nSPS) is 23.9. The first-order valence-electron chi connectivity index (χ1n) is 6.54. The van der Waals surface area contributed by atoms with E-state index in [4.69, 9.17) is 10.8 Å². The zero-order valence-electron chi connectivity index (χ0n) is 11.6. The van der Waals surface area contributed by atoms with Crippen molar-refractivity contribution >= 4 is 21.7 Å². The van der Waals surface area contributed by atoms with Crippen LogP contribution in [-0.2, 0) is 10.0 Å². The lowest BCUT2D eigenvalue weighted by Crippen LogP contribution is -2.46. The van der Waals surface area contributed by atoms with E-state index >= 15 is 0 Å². The third kappa shape index (κ3) is 3.02. The molecule has 1 saturated heterocycles. The van der Waals surface area contributed by atoms with E-state index in [0.717, 1.165) is 10.4 Å². The highest BCUT2D eigenvalue weighted by atomic mass is 32.2. The maximum absolute atomic E-state index is 12.6. The molecular weight excluding hydrogens is 296 g/mol. The van der Waals surface area contributed by atoms with Crippen molar-refractivity contribution in [1.29, 1.82) is 0 Å². The molecule has 1 aromatic rings. The molecule has 21 heavy (non-hydrogen) atoms. The fourth-order valence-electron chi connectivity index (χ4n) is 2.32. The zero-order valence-corrected chi connectivity index (χ0v) is 12.4. The van der Waals surface area contributed by atoms with Gasteiger partial charge in [-0.25, -0.2) is 13.2 Å². The van der Waals surface area contributed by atoms with Crippen LogP contribution in [0.4, 0.5) is 5.69 Å². The van der Waals surface area contributed by atoms with Crippen LogP contribution in [-0.4, -0.2) is 48.1 Å². The van der Waals surface area contributed by atoms with Gasteiger partial charge in [-0.1, -0.05) is 6.92 Å². The van der Waals surface area contributed by atoms with E-state index in [-0.39, 0.29) is 35.2 Å². The van der Waals surface area contributed by atoms with Crippen LogP contribution in [0.15, 0.2) is 23.1 Å². The molecule has 0 bridgehead atoms. The topological polar surface area (TPSA) is 121 Å². The lowest BCUT2D eigenvalue weighted by atomic mass is 9.98. The van der Waals surface area contributed by atoms with Crippen molar-refractivity contribution in [3.63, 3.8) is 0 Å². The van der Waals surface area contributed by atoms with Crippen LogP contribution in [0.5, 0.6) is 0 Å². The van der Waals surface area contributed by atoms with Crippen LogP contribution in [0.2, 0.25) is 0 Å². The molecule has 1 heterocycles. The van der Waals surface area contributed by atoms with Gasteiger partial charge in [0.05, 0.1) is 16.6 Å². The summed E-state index contributed by atoms with van der Waals surface area (Å²) in [7, 11) is -3.97. The number of piperidine rings is 1. The lowest BCUT2D eigenvalue weighted by molar-refractivity contribution is 0.0604. The van der Waals surface area contributed by atoms with Crippen molar-refractivity contribution in [3.05, 3.63) is 23.8 Å². The van der Waals surface area contributed by atoms with Crippen molar-refractivity contribution in [2.45, 2.75) is 24.3 Å². The Hall–Kier alpha value is -1.64. The number of hydrogen-bond donors (Lipinski definition) is 3. The molecule has 0 spiro atoms. The summed E-state index contributed by atoms with van der Waals surface area (Å²) in [5, 5.41) is 19.0. The molecule has 1 aromatic carbocycles. The molecule has 0 radical (unpaired) electrons. The van der Waals surface area contributed by atoms with Crippen LogP contribution >= 0.6 is 0 Å². The first kappa shape index (κ1) is 15.7. The van der Waals surface area contributed by atoms with E-state index in [1.807, 2.05) is 6.92 Å². The number of nitrogens with zero attached hydrogens (tertiary/aromatic N) is 1. The molecule has 7 nitrogen and oxygen atoms in total. The number of carboxylic acid groups (broad SMARTS) is 1. The summed E-state index contributed by atoms with van der Waals surface area (Å²) >= 11 is 0. The number of β-amino-alcohol motifs (C(OH)–C–C–N with tert-alkyl or cyclic N) is 1. The molecular formula is C13H18N2O5S. The summed E-state index contributed by atoms with van der Waals surface area (Å²) < 4.78 is 26.3. The highest BCUT2D eigenvalue weighted by Gasteiger charge is 2.34. The van der Waals surface area contributed by atoms with Gasteiger partial charge >= 0.3 is 5.97 Å². The zero-order chi connectivity index (χ0) is 15.8. The Labute approximate surface area is 123 Å². The quantitative estimate of drug-likeness (QED) is 0.693. The first-order valence-corrected chi connectivity index (χ1v) is 7.98. The molecule has 2 atom stereocenters. The predicted molar refractivity (Wildman–Crippen MR) is 76.4 cm³/mol. The third-order valence-electron chi connectivity index (χ3n) is 3.73. The number of nitrogens with two attached hydrogens (primary N) is 1. The minimum atomic E-state index is -3.97. The SMILES string of the molecule is CC1CCN(S(=O)(=O)c2ccc(N)cc2C(=O)O)CC1O. The molecule has 4 N–H and O–H groups in total. The number of rotatable bonds is 3. The summed E-state index contributed by atoms with van der Waals surface area (Å²) in [5.41, 5.74) is 5.34. The summed E-state index contributed by atoms with van der Waals surface area (Å²) in [6, 6.07) is 3.67. The van der Waals surface area contributed by atoms with Gasteiger partial charge in [-0.05, 0) is 30.5 Å². The number of benzene rings is 1. The smallest absolute Gasteiger partial charge is 0.337 e. The fraction of sp³-hybridized carbons (Fsp3) is 0.462. The average molecular weight is 314 g/mol. The first-order chi connectivity index (χ1) is 9.73. The summed E-state index contributed by atoms with van der Waals surface area (Å²) in [6.07, 6.45) is -0.229. The maximum atomic E-state index is 12.6. The van der Waals surface area contributed by atoms with Crippen molar-refractivity contribution < 1.29 is 23.4 Å². The molecule has 1 aliphatic rings. The van der Waals surface area contributed by atoms with Gasteiger partial charge in [0.15, 0.2) is 0 Å². The van der Waals surface area contributed by atoms with E-state index in [9.17, 15) is 18.3 Å². The monoisotopic (exact) mass is 314 g/mol. The highest BCUT2D eigenvalue weighted by molar-refractivity contribution is 7.89. The minimum Gasteiger partial charge on any atom is -0.478 e. The number of carbonyl (C=O) groups is 1. The summed E-state index contributed by atoms with van der Waals surface area (Å²) in [4.78, 5) is 10.9. The van der Waals surface area contributed by atoms with Gasteiger partial charge < -0.3 is 15.9 Å². The van der Waals surface area contributed by atoms with E-state index in [2.05, 4.69) is 0 Å². The van der Waals surface area contributed by atoms with E-state index < -0.39 is 22.1 Å². The van der Waals surface area contributed by atoms with Crippen molar-refractivity contribution in [1.82, 2.24) is 4.31 Å². The fourth-order valence-corrected chi connectivity index (χ4v) is 3.95. The van der Waals surface area contributed by atoms with Crippen LogP contribution in [0.25, 0.3) is 0 Å². The summed E-state index contributed by atoms with van der Waals surface area (Å²) in [6.45, 7) is 2.07. The number of nitrogen functional groups attached to an aromatic ring is 1. The Morgan fingerprint density at radius 2 is 2.10 bits per heavy atom. The number of sulfonamides is 1. The maximum Gasteiger partial charge on any atom is 0.337 e. The molecule has 0 amide bonds. The number of aromatic carboxylic acids is 1. The molecule has 1 aliphatic heterocycles. The molecule has 1 fully saturated rings. The van der Waals surface area contributed by atoms with Gasteiger partial charge in [-0.2, -0.15) is 4.31 Å². The Balaban J connectivity index is 2.43. The molecule has 0 aromatic heterocycles. The van der Waals surface area contributed by atoms with Gasteiger partial charge in [0.25, 0.3) is 0 Å². The van der Waals surface area contributed by atoms with Gasteiger partial charge in [-0.15, -0.1) is 0 Å². The van der Waals surface area contributed by atoms with Crippen LogP contribution in [0.1, 0.15) is 23.7 Å². The molecule has 116 valence electrons. The number of aliphatic hydroxyl groups is 1. The number of aliphatic hydroxyl groups excluding tert-OH is 1. The van der Waals surface area contributed by atoms with Gasteiger partial charge in [0.1, 0.15) is 0 Å². The van der Waals surface area contributed by atoms with Crippen LogP contribution in [0, 0.1) is 5.92 Å². The number of hydrogen-bond acceptors (Lipinski definition) is 5. The Kier molecular flexibility index (Phi) is 4.22. The molecule has 8 heteroatoms. The van der Waals surface area contributed by atoms with E-state index in [0.29, 0.717) is 6.42 Å². The molecule has 2 unspecified atom stereocenters. The van der Waals surface area contributed by atoms with E-state index in [1.54, 1.807) is 0 Å². The van der Waals surface area contributed by atoms with Crippen molar-refractivity contribution in [2.75, 3.05) is 18.8 Å². The Morgan fingerprint density at radius 1 is 1.43 bits per heavy atom. The number of carboxylic acids is 1. The predicted octanol–water partition coefficient (Wildman–Crippen LogP) is 0.358. The highest BCUT2D eigenvalue weighted by Crippen LogP contribution is 2.27. The second-order valence-corrected chi connectivity index (χ2v) is 7.16. The lowest BCUT2D eigenvalue weighted by Gasteiger charge is -2.33. The number of anilines is 1. The van der Waals surface area contributed by atoms with Gasteiger partial charge in [0, 0.05) is 18.8 Å². The summed E-state index contributed by atoms with van der Waals surface area (Å²) in [5.74, 6) is -1.34. The molecule has 2 rings (SSSR count). The standard InChI is InChI=1S/C13H18N2O5S/c1-8-4-5-15(7-11(8)16)21(19,20)12-3-2-9(14)6-10(12)13(17)18/h2-3,6,8,11,16H,4-5,7,14H2,1H3,(H,17,18). The Bertz CT molecular complexity index is 659. The minimum absolute atomic E-state index is 0.0156. The second kappa shape index (κ2) is 5.63. The third-order valence-corrected chi connectivity index (χ3v) is 5.66. The Morgan fingerprint density at radius 3 is 2.67 bits per heavy atom. The van der Waals surface area contributed by atoms with Crippen LogP contribution in [0.3, 0.4) is 0 Å². The molecule has 0 aliphatic carbocycles. The van der Waals surface area contributed by atoms with Crippen molar-refractivity contribution in [3.8, 4) is 0 Å². The average Bonchev–Trinajstić information content (AvgIpc) is 2.41. The van der Waals surface area contributed by atoms with Crippen molar-refractivity contribution in [2.24, 2.45) is 5.92 Å². The second-order valence-electron chi connectivity index (χ2n) is 5.26. The molecule has 0 saturated carbocycles. The largest absolute Gasteiger partial charge is 0.478 e. The van der Waals surface area contributed by atoms with E-state index in [1.165, 1.54) is 12.1 Å². The van der Waals surface area contributed by atoms with Crippen LogP contribution < -0.4 is 5.73 Å². The van der Waals surface area contributed by atoms with Gasteiger partial charge in [0.2, 0.25) is 10.0 Å². The van der Waals surface area contributed by atoms with Gasteiger partial charge in [-0.3, -0.25) is 0 Å².